The highest BCUT2D eigenvalue weighted by atomic mass is 32.1. The van der Waals surface area contributed by atoms with E-state index < -0.39 is 0 Å². The molecule has 0 amide bonds. The molecule has 2 nitrogen and oxygen atoms in total. The second-order valence-electron chi connectivity index (χ2n) is 5.64. The summed E-state index contributed by atoms with van der Waals surface area (Å²) in [6.45, 7) is 1.39. The minimum Gasteiger partial charge on any atom is -0.330 e. The molecular formula is C20H22N2S. The average Bonchev–Trinajstić information content (AvgIpc) is 3.07. The molecule has 4 N–H and O–H groups in total. The molecule has 0 atom stereocenters. The number of hydrogen-bond acceptors (Lipinski definition) is 3. The van der Waals surface area contributed by atoms with E-state index in [1.165, 1.54) is 32.0 Å². The van der Waals surface area contributed by atoms with E-state index in [0.29, 0.717) is 13.1 Å². The molecule has 0 unspecified atom stereocenters. The average molecular weight is 322 g/mol. The van der Waals surface area contributed by atoms with E-state index in [-0.39, 0.29) is 0 Å². The van der Waals surface area contributed by atoms with Crippen molar-refractivity contribution in [2.24, 2.45) is 11.5 Å². The SMILES string of the molecule is NCCc1ccc(-c2ccc(-c3ccc(CCN)cc3)s2)cc1. The van der Waals surface area contributed by atoms with Gasteiger partial charge in [0.15, 0.2) is 0 Å². The van der Waals surface area contributed by atoms with Gasteiger partial charge in [-0.15, -0.1) is 11.3 Å². The Morgan fingerprint density at radius 2 is 0.957 bits per heavy atom. The van der Waals surface area contributed by atoms with Crippen LogP contribution in [0.15, 0.2) is 60.7 Å². The van der Waals surface area contributed by atoms with E-state index in [0.717, 1.165) is 12.8 Å². The Labute approximate surface area is 141 Å². The number of rotatable bonds is 6. The smallest absolute Gasteiger partial charge is 0.0349 e. The van der Waals surface area contributed by atoms with Crippen LogP contribution in [0.4, 0.5) is 0 Å². The molecule has 2 aromatic carbocycles. The van der Waals surface area contributed by atoms with E-state index >= 15 is 0 Å². The molecule has 118 valence electrons. The first-order valence-corrected chi connectivity index (χ1v) is 8.80. The van der Waals surface area contributed by atoms with Crippen molar-refractivity contribution in [2.75, 3.05) is 13.1 Å². The lowest BCUT2D eigenvalue weighted by molar-refractivity contribution is 0.969. The predicted molar refractivity (Wildman–Crippen MR) is 101 cm³/mol. The topological polar surface area (TPSA) is 52.0 Å². The normalized spacial score (nSPS) is 10.9. The molecule has 0 fully saturated rings. The fourth-order valence-corrected chi connectivity index (χ4v) is 3.67. The van der Waals surface area contributed by atoms with Crippen LogP contribution in [0.1, 0.15) is 11.1 Å². The van der Waals surface area contributed by atoms with E-state index in [9.17, 15) is 0 Å². The monoisotopic (exact) mass is 322 g/mol. The minimum atomic E-state index is 0.697. The van der Waals surface area contributed by atoms with Gasteiger partial charge in [0, 0.05) is 9.75 Å². The largest absolute Gasteiger partial charge is 0.330 e. The van der Waals surface area contributed by atoms with Gasteiger partial charge >= 0.3 is 0 Å². The summed E-state index contributed by atoms with van der Waals surface area (Å²) in [5.41, 5.74) is 16.3. The summed E-state index contributed by atoms with van der Waals surface area (Å²) in [7, 11) is 0. The Morgan fingerprint density at radius 3 is 1.30 bits per heavy atom. The maximum absolute atomic E-state index is 5.60. The van der Waals surface area contributed by atoms with Gasteiger partial charge in [-0.3, -0.25) is 0 Å². The maximum Gasteiger partial charge on any atom is 0.0349 e. The number of nitrogens with two attached hydrogens (primary N) is 2. The third-order valence-corrected chi connectivity index (χ3v) is 5.13. The van der Waals surface area contributed by atoms with Crippen LogP contribution in [0, 0.1) is 0 Å². The van der Waals surface area contributed by atoms with E-state index in [1.54, 1.807) is 0 Å². The molecule has 0 spiro atoms. The zero-order chi connectivity index (χ0) is 16.1. The molecule has 3 rings (SSSR count). The van der Waals surface area contributed by atoms with Crippen molar-refractivity contribution < 1.29 is 0 Å². The van der Waals surface area contributed by atoms with Crippen molar-refractivity contribution in [3.8, 4) is 20.9 Å². The molecule has 0 aliphatic carbocycles. The van der Waals surface area contributed by atoms with Gasteiger partial charge in [0.2, 0.25) is 0 Å². The lowest BCUT2D eigenvalue weighted by Gasteiger charge is -2.02. The maximum atomic E-state index is 5.60. The van der Waals surface area contributed by atoms with Gasteiger partial charge in [-0.05, 0) is 60.3 Å². The number of thiophene rings is 1. The Morgan fingerprint density at radius 1 is 0.565 bits per heavy atom. The van der Waals surface area contributed by atoms with Gasteiger partial charge in [-0.2, -0.15) is 0 Å². The molecule has 23 heavy (non-hydrogen) atoms. The van der Waals surface area contributed by atoms with Gasteiger partial charge in [0.1, 0.15) is 0 Å². The Bertz CT molecular complexity index is 678. The van der Waals surface area contributed by atoms with Gasteiger partial charge in [-0.1, -0.05) is 48.5 Å². The highest BCUT2D eigenvalue weighted by Gasteiger charge is 2.05. The van der Waals surface area contributed by atoms with E-state index in [1.807, 2.05) is 11.3 Å². The van der Waals surface area contributed by atoms with Crippen LogP contribution in [0.2, 0.25) is 0 Å². The summed E-state index contributed by atoms with van der Waals surface area (Å²) in [6, 6.07) is 21.8. The van der Waals surface area contributed by atoms with Gasteiger partial charge in [-0.25, -0.2) is 0 Å². The van der Waals surface area contributed by atoms with Crippen LogP contribution in [-0.4, -0.2) is 13.1 Å². The molecule has 0 aliphatic heterocycles. The summed E-state index contributed by atoms with van der Waals surface area (Å²) in [6.07, 6.45) is 1.87. The Balaban J connectivity index is 1.79. The molecular weight excluding hydrogens is 300 g/mol. The molecule has 0 aliphatic rings. The molecule has 0 saturated heterocycles. The Kier molecular flexibility index (Phi) is 5.23. The lowest BCUT2D eigenvalue weighted by Crippen LogP contribution is -2.02. The molecule has 0 bridgehead atoms. The summed E-state index contributed by atoms with van der Waals surface area (Å²) in [4.78, 5) is 2.59. The van der Waals surface area contributed by atoms with Crippen molar-refractivity contribution in [3.63, 3.8) is 0 Å². The van der Waals surface area contributed by atoms with Crippen LogP contribution in [0.25, 0.3) is 20.9 Å². The summed E-state index contributed by atoms with van der Waals surface area (Å²) >= 11 is 1.83. The highest BCUT2D eigenvalue weighted by Crippen LogP contribution is 2.34. The summed E-state index contributed by atoms with van der Waals surface area (Å²) in [5, 5.41) is 0. The first kappa shape index (κ1) is 15.9. The van der Waals surface area contributed by atoms with Crippen LogP contribution >= 0.6 is 11.3 Å². The lowest BCUT2D eigenvalue weighted by atomic mass is 10.1. The van der Waals surface area contributed by atoms with Gasteiger partial charge in [0.05, 0.1) is 0 Å². The fraction of sp³-hybridized carbons (Fsp3) is 0.200. The van der Waals surface area contributed by atoms with Crippen molar-refractivity contribution >= 4 is 11.3 Å². The van der Waals surface area contributed by atoms with Crippen LogP contribution in [0.3, 0.4) is 0 Å². The van der Waals surface area contributed by atoms with Crippen molar-refractivity contribution in [1.82, 2.24) is 0 Å². The van der Waals surface area contributed by atoms with Crippen LogP contribution in [-0.2, 0) is 12.8 Å². The van der Waals surface area contributed by atoms with Crippen molar-refractivity contribution in [3.05, 3.63) is 71.8 Å². The zero-order valence-corrected chi connectivity index (χ0v) is 14.0. The number of hydrogen-bond donors (Lipinski definition) is 2. The summed E-state index contributed by atoms with van der Waals surface area (Å²) in [5.74, 6) is 0. The molecule has 0 radical (unpaired) electrons. The second-order valence-corrected chi connectivity index (χ2v) is 6.72. The third kappa shape index (κ3) is 3.88. The van der Waals surface area contributed by atoms with Crippen LogP contribution in [0.5, 0.6) is 0 Å². The molecule has 1 heterocycles. The van der Waals surface area contributed by atoms with Gasteiger partial charge < -0.3 is 11.5 Å². The van der Waals surface area contributed by atoms with Crippen LogP contribution < -0.4 is 11.5 Å². The molecule has 0 saturated carbocycles. The van der Waals surface area contributed by atoms with Gasteiger partial charge in [0.25, 0.3) is 0 Å². The van der Waals surface area contributed by atoms with E-state index in [4.69, 9.17) is 11.5 Å². The zero-order valence-electron chi connectivity index (χ0n) is 13.2. The molecule has 3 heteroatoms. The summed E-state index contributed by atoms with van der Waals surface area (Å²) < 4.78 is 0. The first-order valence-electron chi connectivity index (χ1n) is 7.99. The third-order valence-electron chi connectivity index (χ3n) is 3.95. The predicted octanol–water partition coefficient (Wildman–Crippen LogP) is 4.08. The van der Waals surface area contributed by atoms with Crippen molar-refractivity contribution in [2.45, 2.75) is 12.8 Å². The first-order chi connectivity index (χ1) is 11.3. The fourth-order valence-electron chi connectivity index (χ4n) is 2.65. The second kappa shape index (κ2) is 7.55. The quantitative estimate of drug-likeness (QED) is 0.718. The van der Waals surface area contributed by atoms with E-state index in [2.05, 4.69) is 60.7 Å². The number of benzene rings is 2. The Hall–Kier alpha value is -1.94. The standard InChI is InChI=1S/C20H22N2S/c21-13-11-15-1-5-17(6-2-15)19-9-10-20(23-19)18-7-3-16(4-8-18)12-14-22/h1-10H,11-14,21-22H2. The highest BCUT2D eigenvalue weighted by molar-refractivity contribution is 7.18. The van der Waals surface area contributed by atoms with Crippen molar-refractivity contribution in [1.29, 1.82) is 0 Å². The minimum absolute atomic E-state index is 0.697. The molecule has 3 aromatic rings. The molecule has 1 aromatic heterocycles.